The summed E-state index contributed by atoms with van der Waals surface area (Å²) in [6, 6.07) is 1.95. The van der Waals surface area contributed by atoms with Crippen LogP contribution in [0.5, 0.6) is 0 Å². The monoisotopic (exact) mass is 475 g/mol. The van der Waals surface area contributed by atoms with Gasteiger partial charge in [0.1, 0.15) is 17.4 Å². The van der Waals surface area contributed by atoms with E-state index < -0.39 is 28.5 Å². The third kappa shape index (κ3) is 5.61. The Kier molecular flexibility index (Phi) is 8.06. The Morgan fingerprint density at radius 1 is 0.939 bits per heavy atom. The highest BCUT2D eigenvalue weighted by molar-refractivity contribution is 7.89. The van der Waals surface area contributed by atoms with E-state index in [0.717, 1.165) is 16.7 Å². The van der Waals surface area contributed by atoms with Crippen LogP contribution in [-0.2, 0) is 24.3 Å². The van der Waals surface area contributed by atoms with Crippen molar-refractivity contribution in [3.8, 4) is 6.07 Å². The number of aryl methyl sites for hydroxylation is 1. The van der Waals surface area contributed by atoms with Crippen molar-refractivity contribution in [2.75, 3.05) is 18.5 Å². The minimum absolute atomic E-state index is 0.00395. The number of ether oxygens (including phenoxy) is 1. The fourth-order valence-corrected chi connectivity index (χ4v) is 5.09. The largest absolute Gasteiger partial charge is 0.456 e. The molecule has 2 rings (SSSR count). The van der Waals surface area contributed by atoms with Crippen LogP contribution in [0.2, 0.25) is 0 Å². The molecular formula is C23H29N3O6S. The number of carbonyl (C=O) groups excluding carboxylic acids is 2. The van der Waals surface area contributed by atoms with Crippen molar-refractivity contribution >= 4 is 27.8 Å². The number of furan rings is 1. The molecule has 2 N–H and O–H groups in total. The standard InChI is InChI=1S/C23H29N3O6S/c1-12-13(2)15(4)22(16(5)14(12)3)33(29,30)25-9-8-21(28)31-11-20(27)26-23-19(10-24)17(6)18(7)32-23/h25H,8-9,11H2,1-7H3,(H,26,27). The fourth-order valence-electron chi connectivity index (χ4n) is 3.46. The number of nitriles is 1. The topological polar surface area (TPSA) is 138 Å². The second-order valence-corrected chi connectivity index (χ2v) is 9.61. The van der Waals surface area contributed by atoms with Crippen LogP contribution < -0.4 is 10.0 Å². The second kappa shape index (κ2) is 10.2. The Labute approximate surface area is 194 Å². The highest BCUT2D eigenvalue weighted by Crippen LogP contribution is 2.29. The number of benzene rings is 1. The summed E-state index contributed by atoms with van der Waals surface area (Å²) < 4.78 is 38.4. The average Bonchev–Trinajstić information content (AvgIpc) is 3.01. The summed E-state index contributed by atoms with van der Waals surface area (Å²) >= 11 is 0. The molecule has 0 saturated carbocycles. The van der Waals surface area contributed by atoms with Crippen molar-refractivity contribution < 1.29 is 27.2 Å². The van der Waals surface area contributed by atoms with Gasteiger partial charge in [0.05, 0.1) is 11.3 Å². The summed E-state index contributed by atoms with van der Waals surface area (Å²) in [5.74, 6) is -0.929. The fraction of sp³-hybridized carbons (Fsp3) is 0.435. The van der Waals surface area contributed by atoms with E-state index in [2.05, 4.69) is 10.0 Å². The van der Waals surface area contributed by atoms with E-state index in [1.807, 2.05) is 26.8 Å². The van der Waals surface area contributed by atoms with Crippen molar-refractivity contribution in [3.05, 3.63) is 44.7 Å². The van der Waals surface area contributed by atoms with Gasteiger partial charge in [-0.15, -0.1) is 0 Å². The Bertz CT molecular complexity index is 1220. The van der Waals surface area contributed by atoms with Crippen LogP contribution in [0, 0.1) is 59.8 Å². The molecule has 1 aromatic carbocycles. The summed E-state index contributed by atoms with van der Waals surface area (Å²) in [4.78, 5) is 24.2. The lowest BCUT2D eigenvalue weighted by Gasteiger charge is -2.19. The van der Waals surface area contributed by atoms with Gasteiger partial charge >= 0.3 is 5.97 Å². The first-order chi connectivity index (χ1) is 15.3. The first-order valence-corrected chi connectivity index (χ1v) is 11.8. The van der Waals surface area contributed by atoms with Crippen LogP contribution in [0.1, 0.15) is 51.1 Å². The minimum Gasteiger partial charge on any atom is -0.456 e. The molecule has 9 nitrogen and oxygen atoms in total. The Hall–Kier alpha value is -3.16. The summed E-state index contributed by atoms with van der Waals surface area (Å²) in [6.07, 6.45) is -0.253. The number of sulfonamides is 1. The third-order valence-electron chi connectivity index (χ3n) is 5.94. The molecule has 10 heteroatoms. The maximum Gasteiger partial charge on any atom is 0.307 e. The van der Waals surface area contributed by atoms with Crippen molar-refractivity contribution in [1.82, 2.24) is 4.72 Å². The molecule has 1 aromatic heterocycles. The number of hydrogen-bond donors (Lipinski definition) is 2. The molecule has 0 spiro atoms. The molecule has 1 heterocycles. The van der Waals surface area contributed by atoms with Crippen LogP contribution in [-0.4, -0.2) is 33.4 Å². The lowest BCUT2D eigenvalue weighted by Crippen LogP contribution is -2.29. The van der Waals surface area contributed by atoms with Crippen molar-refractivity contribution in [2.45, 2.75) is 59.8 Å². The van der Waals surface area contributed by atoms with E-state index in [4.69, 9.17) is 14.4 Å². The van der Waals surface area contributed by atoms with Gasteiger partial charge in [0.2, 0.25) is 15.9 Å². The van der Waals surface area contributed by atoms with Gasteiger partial charge in [0.25, 0.3) is 5.91 Å². The second-order valence-electron chi connectivity index (χ2n) is 7.91. The van der Waals surface area contributed by atoms with Crippen LogP contribution >= 0.6 is 0 Å². The predicted molar refractivity (Wildman–Crippen MR) is 122 cm³/mol. The van der Waals surface area contributed by atoms with Gasteiger partial charge < -0.3 is 9.15 Å². The number of nitrogens with one attached hydrogen (secondary N) is 2. The average molecular weight is 476 g/mol. The highest BCUT2D eigenvalue weighted by atomic mass is 32.2. The van der Waals surface area contributed by atoms with Gasteiger partial charge in [0.15, 0.2) is 6.61 Å². The molecule has 0 fully saturated rings. The molecule has 1 amide bonds. The number of anilines is 1. The molecule has 0 aliphatic heterocycles. The molecule has 33 heavy (non-hydrogen) atoms. The van der Waals surface area contributed by atoms with Gasteiger partial charge in [-0.05, 0) is 76.3 Å². The molecule has 178 valence electrons. The summed E-state index contributed by atoms with van der Waals surface area (Å²) in [6.45, 7) is 11.8. The smallest absolute Gasteiger partial charge is 0.307 e. The summed E-state index contributed by atoms with van der Waals surface area (Å²) in [5.41, 5.74) is 5.02. The zero-order valence-corrected chi connectivity index (χ0v) is 20.7. The molecule has 0 radical (unpaired) electrons. The highest BCUT2D eigenvalue weighted by Gasteiger charge is 2.24. The molecule has 0 bridgehead atoms. The van der Waals surface area contributed by atoms with E-state index in [0.29, 0.717) is 22.5 Å². The number of nitrogens with zero attached hydrogens (tertiary/aromatic N) is 1. The van der Waals surface area contributed by atoms with E-state index in [-0.39, 0.29) is 29.3 Å². The summed E-state index contributed by atoms with van der Waals surface area (Å²) in [5, 5.41) is 11.6. The van der Waals surface area contributed by atoms with E-state index in [9.17, 15) is 18.0 Å². The van der Waals surface area contributed by atoms with Crippen LogP contribution in [0.3, 0.4) is 0 Å². The van der Waals surface area contributed by atoms with Gasteiger partial charge in [-0.2, -0.15) is 5.26 Å². The normalized spacial score (nSPS) is 11.2. The maximum atomic E-state index is 12.9. The predicted octanol–water partition coefficient (Wildman–Crippen LogP) is 3.16. The van der Waals surface area contributed by atoms with Gasteiger partial charge in [-0.1, -0.05) is 0 Å². The molecule has 2 aromatic rings. The molecule has 0 unspecified atom stereocenters. The third-order valence-corrected chi connectivity index (χ3v) is 7.67. The van der Waals surface area contributed by atoms with Crippen molar-refractivity contribution in [2.24, 2.45) is 0 Å². The quantitative estimate of drug-likeness (QED) is 0.559. The van der Waals surface area contributed by atoms with E-state index in [1.54, 1.807) is 27.7 Å². The molecule has 0 saturated heterocycles. The van der Waals surface area contributed by atoms with Gasteiger partial charge in [0, 0.05) is 12.1 Å². The zero-order chi connectivity index (χ0) is 25.1. The number of amides is 1. The minimum atomic E-state index is -3.84. The summed E-state index contributed by atoms with van der Waals surface area (Å²) in [7, 11) is -3.84. The van der Waals surface area contributed by atoms with Crippen LogP contribution in [0.25, 0.3) is 0 Å². The van der Waals surface area contributed by atoms with Crippen molar-refractivity contribution in [3.63, 3.8) is 0 Å². The van der Waals surface area contributed by atoms with Gasteiger partial charge in [-0.3, -0.25) is 14.9 Å². The molecule has 0 atom stereocenters. The first kappa shape index (κ1) is 26.1. The first-order valence-electron chi connectivity index (χ1n) is 10.3. The number of hydrogen-bond acceptors (Lipinski definition) is 7. The Morgan fingerprint density at radius 2 is 1.48 bits per heavy atom. The van der Waals surface area contributed by atoms with E-state index in [1.165, 1.54) is 0 Å². The van der Waals surface area contributed by atoms with Gasteiger partial charge in [-0.25, -0.2) is 13.1 Å². The number of rotatable bonds is 8. The molecular weight excluding hydrogens is 446 g/mol. The Morgan fingerprint density at radius 3 is 2.03 bits per heavy atom. The van der Waals surface area contributed by atoms with Crippen molar-refractivity contribution in [1.29, 1.82) is 5.26 Å². The SMILES string of the molecule is Cc1oc(NC(=O)COC(=O)CCNS(=O)(=O)c2c(C)c(C)c(C)c(C)c2C)c(C#N)c1C. The zero-order valence-electron chi connectivity index (χ0n) is 19.9. The Balaban J connectivity index is 1.93. The van der Waals surface area contributed by atoms with Crippen LogP contribution in [0.4, 0.5) is 5.88 Å². The maximum absolute atomic E-state index is 12.9. The van der Waals surface area contributed by atoms with Crippen LogP contribution in [0.15, 0.2) is 9.31 Å². The lowest BCUT2D eigenvalue weighted by molar-refractivity contribution is -0.147. The number of esters is 1. The lowest BCUT2D eigenvalue weighted by atomic mass is 9.95. The number of carbonyl (C=O) groups is 2. The molecule has 0 aliphatic rings. The van der Waals surface area contributed by atoms with E-state index >= 15 is 0 Å². The molecule has 0 aliphatic carbocycles.